The molecular formula is C20H25N5O2S. The Bertz CT molecular complexity index is 974. The second kappa shape index (κ2) is 7.97. The molecule has 148 valence electrons. The van der Waals surface area contributed by atoms with Crippen LogP contribution >= 0.6 is 11.8 Å². The maximum Gasteiger partial charge on any atom is 0.235 e. The molecule has 1 aliphatic heterocycles. The van der Waals surface area contributed by atoms with E-state index in [4.69, 9.17) is 4.74 Å². The van der Waals surface area contributed by atoms with Crippen molar-refractivity contribution in [3.63, 3.8) is 0 Å². The van der Waals surface area contributed by atoms with Gasteiger partial charge in [0.15, 0.2) is 11.0 Å². The standard InChI is InChI=1S/C20H25N5O2S/c1-13(19(26)24(2)3)28-20-23-22-18(25(20)12-14-7-6-10-27-14)16-11-21-17-9-5-4-8-15(16)17/h4-5,8-9,11,13-14,21H,6-7,10,12H2,1-3H3. The van der Waals surface area contributed by atoms with Crippen LogP contribution < -0.4 is 0 Å². The quantitative estimate of drug-likeness (QED) is 0.645. The van der Waals surface area contributed by atoms with Crippen LogP contribution in [0, 0.1) is 0 Å². The number of aromatic nitrogens is 4. The molecule has 2 atom stereocenters. The number of carbonyl (C=O) groups excluding carboxylic acids is 1. The molecule has 3 aromatic rings. The maximum atomic E-state index is 12.3. The van der Waals surface area contributed by atoms with Gasteiger partial charge in [-0.15, -0.1) is 10.2 Å². The summed E-state index contributed by atoms with van der Waals surface area (Å²) in [5, 5.41) is 10.6. The zero-order valence-electron chi connectivity index (χ0n) is 16.4. The summed E-state index contributed by atoms with van der Waals surface area (Å²) in [6.07, 6.45) is 4.23. The molecule has 1 aromatic carbocycles. The number of ether oxygens (including phenoxy) is 1. The first-order chi connectivity index (χ1) is 13.5. The lowest BCUT2D eigenvalue weighted by molar-refractivity contribution is -0.127. The number of nitrogens with one attached hydrogen (secondary N) is 1. The number of hydrogen-bond donors (Lipinski definition) is 1. The van der Waals surface area contributed by atoms with E-state index in [1.807, 2.05) is 31.3 Å². The molecule has 1 fully saturated rings. The Morgan fingerprint density at radius 1 is 1.39 bits per heavy atom. The summed E-state index contributed by atoms with van der Waals surface area (Å²) in [5.74, 6) is 0.866. The molecule has 0 spiro atoms. The Hall–Kier alpha value is -2.32. The molecule has 2 unspecified atom stereocenters. The van der Waals surface area contributed by atoms with Crippen molar-refractivity contribution in [3.8, 4) is 11.4 Å². The van der Waals surface area contributed by atoms with E-state index in [9.17, 15) is 4.79 Å². The number of thioether (sulfide) groups is 1. The second-order valence-electron chi connectivity index (χ2n) is 7.29. The summed E-state index contributed by atoms with van der Waals surface area (Å²) in [7, 11) is 3.54. The minimum atomic E-state index is -0.238. The van der Waals surface area contributed by atoms with Crippen LogP contribution in [0.1, 0.15) is 19.8 Å². The molecule has 1 aliphatic rings. The monoisotopic (exact) mass is 399 g/mol. The van der Waals surface area contributed by atoms with Gasteiger partial charge in [-0.25, -0.2) is 0 Å². The number of carbonyl (C=O) groups is 1. The highest BCUT2D eigenvalue weighted by atomic mass is 32.2. The van der Waals surface area contributed by atoms with Gasteiger partial charge < -0.3 is 14.6 Å². The van der Waals surface area contributed by atoms with Crippen LogP contribution in [-0.4, -0.2) is 62.6 Å². The largest absolute Gasteiger partial charge is 0.376 e. The molecule has 8 heteroatoms. The normalized spacial score (nSPS) is 17.9. The summed E-state index contributed by atoms with van der Waals surface area (Å²) in [4.78, 5) is 17.3. The summed E-state index contributed by atoms with van der Waals surface area (Å²) in [5.41, 5.74) is 2.08. The van der Waals surface area contributed by atoms with E-state index in [-0.39, 0.29) is 17.3 Å². The van der Waals surface area contributed by atoms with Crippen molar-refractivity contribution in [2.45, 2.75) is 42.8 Å². The van der Waals surface area contributed by atoms with Crippen LogP contribution in [0.4, 0.5) is 0 Å². The van der Waals surface area contributed by atoms with Gasteiger partial charge in [0.05, 0.1) is 17.9 Å². The van der Waals surface area contributed by atoms with E-state index >= 15 is 0 Å². The number of para-hydroxylation sites is 1. The molecule has 0 bridgehead atoms. The Labute approximate surface area is 168 Å². The van der Waals surface area contributed by atoms with Gasteiger partial charge in [-0.1, -0.05) is 30.0 Å². The summed E-state index contributed by atoms with van der Waals surface area (Å²) < 4.78 is 7.97. The first kappa shape index (κ1) is 19.0. The smallest absolute Gasteiger partial charge is 0.235 e. The molecule has 0 aliphatic carbocycles. The van der Waals surface area contributed by atoms with Gasteiger partial charge in [0.1, 0.15) is 0 Å². The lowest BCUT2D eigenvalue weighted by Crippen LogP contribution is -2.30. The van der Waals surface area contributed by atoms with Gasteiger partial charge in [0.25, 0.3) is 0 Å². The molecule has 1 saturated heterocycles. The molecule has 1 amide bonds. The van der Waals surface area contributed by atoms with Gasteiger partial charge in [0.2, 0.25) is 5.91 Å². The summed E-state index contributed by atoms with van der Waals surface area (Å²) in [6.45, 7) is 3.39. The van der Waals surface area contributed by atoms with Crippen LogP contribution in [0.3, 0.4) is 0 Å². The van der Waals surface area contributed by atoms with E-state index in [0.29, 0.717) is 6.54 Å². The first-order valence-electron chi connectivity index (χ1n) is 9.53. The van der Waals surface area contributed by atoms with Gasteiger partial charge in [-0.05, 0) is 25.8 Å². The van der Waals surface area contributed by atoms with Crippen molar-refractivity contribution >= 4 is 28.6 Å². The fraction of sp³-hybridized carbons (Fsp3) is 0.450. The molecule has 2 aromatic heterocycles. The second-order valence-corrected chi connectivity index (χ2v) is 8.60. The van der Waals surface area contributed by atoms with E-state index in [1.165, 1.54) is 11.8 Å². The Morgan fingerprint density at radius 3 is 2.96 bits per heavy atom. The van der Waals surface area contributed by atoms with E-state index in [2.05, 4.69) is 25.8 Å². The van der Waals surface area contributed by atoms with Gasteiger partial charge in [-0.3, -0.25) is 9.36 Å². The number of aromatic amines is 1. The molecular weight excluding hydrogens is 374 g/mol. The zero-order chi connectivity index (χ0) is 19.7. The lowest BCUT2D eigenvalue weighted by atomic mass is 10.1. The number of nitrogens with zero attached hydrogens (tertiary/aromatic N) is 4. The fourth-order valence-electron chi connectivity index (χ4n) is 3.56. The van der Waals surface area contributed by atoms with Crippen molar-refractivity contribution in [1.82, 2.24) is 24.6 Å². The highest BCUT2D eigenvalue weighted by Crippen LogP contribution is 2.32. The lowest BCUT2D eigenvalue weighted by Gasteiger charge is -2.18. The van der Waals surface area contributed by atoms with Gasteiger partial charge in [0, 0.05) is 43.4 Å². The van der Waals surface area contributed by atoms with Crippen LogP contribution in [0.15, 0.2) is 35.6 Å². The van der Waals surface area contributed by atoms with Gasteiger partial charge >= 0.3 is 0 Å². The molecule has 1 N–H and O–H groups in total. The van der Waals surface area contributed by atoms with Crippen LogP contribution in [0.5, 0.6) is 0 Å². The van der Waals surface area contributed by atoms with Crippen molar-refractivity contribution in [2.24, 2.45) is 0 Å². The van der Waals surface area contributed by atoms with Crippen molar-refractivity contribution < 1.29 is 9.53 Å². The number of H-pyrrole nitrogens is 1. The molecule has 0 saturated carbocycles. The zero-order valence-corrected chi connectivity index (χ0v) is 17.2. The molecule has 4 rings (SSSR count). The van der Waals surface area contributed by atoms with Gasteiger partial charge in [-0.2, -0.15) is 0 Å². The van der Waals surface area contributed by atoms with Crippen LogP contribution in [0.25, 0.3) is 22.3 Å². The molecule has 7 nitrogen and oxygen atoms in total. The summed E-state index contributed by atoms with van der Waals surface area (Å²) >= 11 is 1.45. The average Bonchev–Trinajstić information content (AvgIpc) is 3.42. The molecule has 0 radical (unpaired) electrons. The third-order valence-corrected chi connectivity index (χ3v) is 6.10. The predicted octanol–water partition coefficient (Wildman–Crippen LogP) is 3.17. The van der Waals surface area contributed by atoms with Crippen LogP contribution in [0.2, 0.25) is 0 Å². The van der Waals surface area contributed by atoms with E-state index in [0.717, 1.165) is 46.9 Å². The minimum Gasteiger partial charge on any atom is -0.376 e. The number of fused-ring (bicyclic) bond motifs is 1. The predicted molar refractivity (Wildman–Crippen MR) is 110 cm³/mol. The maximum absolute atomic E-state index is 12.3. The fourth-order valence-corrected chi connectivity index (χ4v) is 4.56. The first-order valence-corrected chi connectivity index (χ1v) is 10.4. The molecule has 28 heavy (non-hydrogen) atoms. The van der Waals surface area contributed by atoms with Crippen molar-refractivity contribution in [3.05, 3.63) is 30.5 Å². The SMILES string of the molecule is CC(Sc1nnc(-c2c[nH]c3ccccc23)n1CC1CCCO1)C(=O)N(C)C. The Morgan fingerprint density at radius 2 is 2.21 bits per heavy atom. The third-order valence-electron chi connectivity index (χ3n) is 5.03. The molecule has 3 heterocycles. The third kappa shape index (κ3) is 3.66. The van der Waals surface area contributed by atoms with E-state index in [1.54, 1.807) is 19.0 Å². The van der Waals surface area contributed by atoms with Crippen LogP contribution in [-0.2, 0) is 16.1 Å². The highest BCUT2D eigenvalue weighted by Gasteiger charge is 2.26. The van der Waals surface area contributed by atoms with E-state index < -0.39 is 0 Å². The van der Waals surface area contributed by atoms with Crippen molar-refractivity contribution in [2.75, 3.05) is 20.7 Å². The average molecular weight is 400 g/mol. The topological polar surface area (TPSA) is 76.0 Å². The number of hydrogen-bond acceptors (Lipinski definition) is 5. The number of rotatable bonds is 6. The summed E-state index contributed by atoms with van der Waals surface area (Å²) in [6, 6.07) is 8.16. The Kier molecular flexibility index (Phi) is 5.41. The number of amides is 1. The van der Waals surface area contributed by atoms with Crippen molar-refractivity contribution in [1.29, 1.82) is 0 Å². The highest BCUT2D eigenvalue weighted by molar-refractivity contribution is 8.00. The number of benzene rings is 1. The Balaban J connectivity index is 1.71. The minimum absolute atomic E-state index is 0.0605.